The van der Waals surface area contributed by atoms with Gasteiger partial charge in [0.25, 0.3) is 0 Å². The number of rotatable bonds is 5. The molecule has 0 aromatic carbocycles. The second-order valence-corrected chi connectivity index (χ2v) is 4.55. The third kappa shape index (κ3) is 4.99. The molecule has 0 saturated carbocycles. The summed E-state index contributed by atoms with van der Waals surface area (Å²) in [6.07, 6.45) is 5.47. The van der Waals surface area contributed by atoms with Crippen molar-refractivity contribution in [2.24, 2.45) is 0 Å². The van der Waals surface area contributed by atoms with E-state index in [0.717, 1.165) is 18.4 Å². The van der Waals surface area contributed by atoms with E-state index in [1.807, 2.05) is 6.08 Å². The van der Waals surface area contributed by atoms with E-state index in [-0.39, 0.29) is 5.12 Å². The normalized spacial score (nSPS) is 10.8. The molecular weight excluding hydrogens is 241 g/mol. The van der Waals surface area contributed by atoms with Crippen LogP contribution in [-0.2, 0) is 4.79 Å². The fourth-order valence-electron chi connectivity index (χ4n) is 1.21. The van der Waals surface area contributed by atoms with E-state index in [0.29, 0.717) is 11.4 Å². The molecule has 0 aliphatic heterocycles. The molecule has 0 aliphatic carbocycles. The van der Waals surface area contributed by atoms with Gasteiger partial charge in [0.1, 0.15) is 5.82 Å². The van der Waals surface area contributed by atoms with Crippen molar-refractivity contribution in [3.8, 4) is 5.88 Å². The number of carbonyl (C=O) groups excluding carboxylic acids is 1. The summed E-state index contributed by atoms with van der Waals surface area (Å²) in [7, 11) is 1.49. The molecule has 17 heavy (non-hydrogen) atoms. The highest BCUT2D eigenvalue weighted by atomic mass is 32.2. The number of thioether (sulfide) groups is 1. The van der Waals surface area contributed by atoms with Gasteiger partial charge in [-0.2, -0.15) is 0 Å². The standard InChI is InChI=1S/C12H14FNO2S/c1-9(15)17-6-4-3-5-10-7-11(13)8-14-12(10)16-2/h3,5,7-8H,4,6H2,1-2H3. The lowest BCUT2D eigenvalue weighted by Crippen LogP contribution is -1.92. The Kier molecular flexibility index (Phi) is 5.69. The SMILES string of the molecule is COc1ncc(F)cc1C=CCCSC(C)=O. The van der Waals surface area contributed by atoms with Gasteiger partial charge in [-0.25, -0.2) is 9.37 Å². The first-order chi connectivity index (χ1) is 8.13. The van der Waals surface area contributed by atoms with Crippen LogP contribution >= 0.6 is 11.8 Å². The van der Waals surface area contributed by atoms with Crippen LogP contribution in [-0.4, -0.2) is 23.0 Å². The number of nitrogens with zero attached hydrogens (tertiary/aromatic N) is 1. The van der Waals surface area contributed by atoms with Gasteiger partial charge in [-0.1, -0.05) is 23.9 Å². The number of pyridine rings is 1. The van der Waals surface area contributed by atoms with Crippen LogP contribution in [0.4, 0.5) is 4.39 Å². The molecule has 0 bridgehead atoms. The van der Waals surface area contributed by atoms with Crippen LogP contribution in [0.1, 0.15) is 18.9 Å². The van der Waals surface area contributed by atoms with E-state index in [9.17, 15) is 9.18 Å². The van der Waals surface area contributed by atoms with Crippen LogP contribution in [0.15, 0.2) is 18.3 Å². The van der Waals surface area contributed by atoms with Gasteiger partial charge in [-0.3, -0.25) is 4.79 Å². The van der Waals surface area contributed by atoms with Gasteiger partial charge in [0.2, 0.25) is 5.88 Å². The van der Waals surface area contributed by atoms with Crippen molar-refractivity contribution in [2.45, 2.75) is 13.3 Å². The molecule has 0 atom stereocenters. The summed E-state index contributed by atoms with van der Waals surface area (Å²) in [5, 5.41) is 0.100. The van der Waals surface area contributed by atoms with Gasteiger partial charge >= 0.3 is 0 Å². The molecule has 3 nitrogen and oxygen atoms in total. The maximum absolute atomic E-state index is 13.0. The lowest BCUT2D eigenvalue weighted by atomic mass is 10.2. The molecule has 0 fully saturated rings. The fraction of sp³-hybridized carbons (Fsp3) is 0.333. The number of ether oxygens (including phenoxy) is 1. The van der Waals surface area contributed by atoms with Crippen LogP contribution < -0.4 is 4.74 Å². The highest BCUT2D eigenvalue weighted by Gasteiger charge is 2.02. The van der Waals surface area contributed by atoms with Gasteiger partial charge in [0, 0.05) is 18.2 Å². The van der Waals surface area contributed by atoms with Crippen LogP contribution in [0.25, 0.3) is 6.08 Å². The van der Waals surface area contributed by atoms with E-state index in [1.54, 1.807) is 6.08 Å². The van der Waals surface area contributed by atoms with Gasteiger partial charge < -0.3 is 4.74 Å². The van der Waals surface area contributed by atoms with Gasteiger partial charge in [-0.05, 0) is 12.5 Å². The van der Waals surface area contributed by atoms with Crippen LogP contribution in [0.2, 0.25) is 0 Å². The van der Waals surface area contributed by atoms with Crippen LogP contribution in [0.3, 0.4) is 0 Å². The summed E-state index contributed by atoms with van der Waals surface area (Å²) in [4.78, 5) is 14.5. The number of allylic oxidation sites excluding steroid dienone is 1. The van der Waals surface area contributed by atoms with Gasteiger partial charge in [-0.15, -0.1) is 0 Å². The average Bonchev–Trinajstić information content (AvgIpc) is 2.28. The van der Waals surface area contributed by atoms with Crippen molar-refractivity contribution >= 4 is 23.0 Å². The second kappa shape index (κ2) is 7.06. The van der Waals surface area contributed by atoms with E-state index < -0.39 is 5.82 Å². The van der Waals surface area contributed by atoms with Crippen molar-refractivity contribution in [1.29, 1.82) is 0 Å². The molecule has 1 aromatic rings. The average molecular weight is 255 g/mol. The molecule has 1 rings (SSSR count). The first-order valence-electron chi connectivity index (χ1n) is 5.13. The topological polar surface area (TPSA) is 39.2 Å². The first-order valence-corrected chi connectivity index (χ1v) is 6.11. The van der Waals surface area contributed by atoms with E-state index in [4.69, 9.17) is 4.74 Å². The first kappa shape index (κ1) is 13.7. The van der Waals surface area contributed by atoms with Crippen molar-refractivity contribution in [1.82, 2.24) is 4.98 Å². The molecule has 1 aromatic heterocycles. The number of hydrogen-bond acceptors (Lipinski definition) is 4. The zero-order valence-corrected chi connectivity index (χ0v) is 10.6. The molecular formula is C12H14FNO2S. The van der Waals surface area contributed by atoms with Crippen LogP contribution in [0, 0.1) is 5.82 Å². The Morgan fingerprint density at radius 1 is 1.65 bits per heavy atom. The summed E-state index contributed by atoms with van der Waals surface area (Å²) in [5.74, 6) is 0.710. The zero-order chi connectivity index (χ0) is 12.7. The quantitative estimate of drug-likeness (QED) is 0.758. The molecule has 0 radical (unpaired) electrons. The van der Waals surface area contributed by atoms with Crippen molar-refractivity contribution in [3.63, 3.8) is 0 Å². The molecule has 1 heterocycles. The number of methoxy groups -OCH3 is 1. The van der Waals surface area contributed by atoms with Crippen molar-refractivity contribution in [2.75, 3.05) is 12.9 Å². The number of carbonyl (C=O) groups is 1. The third-order valence-corrected chi connectivity index (χ3v) is 2.77. The Bertz CT molecular complexity index is 421. The third-order valence-electron chi connectivity index (χ3n) is 1.93. The minimum atomic E-state index is -0.399. The summed E-state index contributed by atoms with van der Waals surface area (Å²) in [6.45, 7) is 1.54. The Labute approximate surface area is 104 Å². The molecule has 0 unspecified atom stereocenters. The largest absolute Gasteiger partial charge is 0.481 e. The number of hydrogen-bond donors (Lipinski definition) is 0. The Hall–Kier alpha value is -1.36. The molecule has 92 valence electrons. The molecule has 0 spiro atoms. The van der Waals surface area contributed by atoms with E-state index >= 15 is 0 Å². The smallest absolute Gasteiger partial charge is 0.220 e. The Morgan fingerprint density at radius 2 is 2.41 bits per heavy atom. The van der Waals surface area contributed by atoms with Gasteiger partial charge in [0.15, 0.2) is 5.12 Å². The van der Waals surface area contributed by atoms with E-state index in [1.165, 1.54) is 31.9 Å². The summed E-state index contributed by atoms with van der Waals surface area (Å²) < 4.78 is 18.0. The second-order valence-electron chi connectivity index (χ2n) is 3.28. The predicted molar refractivity (Wildman–Crippen MR) is 67.5 cm³/mol. The zero-order valence-electron chi connectivity index (χ0n) is 9.77. The number of aromatic nitrogens is 1. The minimum absolute atomic E-state index is 0.100. The van der Waals surface area contributed by atoms with Crippen molar-refractivity contribution < 1.29 is 13.9 Å². The molecule has 0 amide bonds. The molecule has 5 heteroatoms. The van der Waals surface area contributed by atoms with E-state index in [2.05, 4.69) is 4.98 Å². The lowest BCUT2D eigenvalue weighted by molar-refractivity contribution is -0.109. The number of halogens is 1. The maximum atomic E-state index is 13.0. The highest BCUT2D eigenvalue weighted by Crippen LogP contribution is 2.17. The summed E-state index contributed by atoms with van der Waals surface area (Å²) in [6, 6.07) is 1.36. The molecule has 0 saturated heterocycles. The molecule has 0 aliphatic rings. The monoisotopic (exact) mass is 255 g/mol. The molecule has 0 N–H and O–H groups in total. The maximum Gasteiger partial charge on any atom is 0.220 e. The van der Waals surface area contributed by atoms with Gasteiger partial charge in [0.05, 0.1) is 13.3 Å². The Morgan fingerprint density at radius 3 is 3.06 bits per heavy atom. The highest BCUT2D eigenvalue weighted by molar-refractivity contribution is 8.13. The predicted octanol–water partition coefficient (Wildman–Crippen LogP) is 2.91. The van der Waals surface area contributed by atoms with Crippen LogP contribution in [0.5, 0.6) is 5.88 Å². The lowest BCUT2D eigenvalue weighted by Gasteiger charge is -2.02. The Balaban J connectivity index is 2.57. The minimum Gasteiger partial charge on any atom is -0.481 e. The van der Waals surface area contributed by atoms with Crippen molar-refractivity contribution in [3.05, 3.63) is 29.7 Å². The summed E-state index contributed by atoms with van der Waals surface area (Å²) >= 11 is 1.27. The summed E-state index contributed by atoms with van der Waals surface area (Å²) in [5.41, 5.74) is 0.598. The fourth-order valence-corrected chi connectivity index (χ4v) is 1.75.